The van der Waals surface area contributed by atoms with Crippen molar-refractivity contribution < 1.29 is 23.8 Å². The van der Waals surface area contributed by atoms with E-state index < -0.39 is 18.2 Å². The molecule has 5 nitrogen and oxygen atoms in total. The van der Waals surface area contributed by atoms with Gasteiger partial charge in [0.2, 0.25) is 0 Å². The van der Waals surface area contributed by atoms with E-state index in [1.165, 1.54) is 26.4 Å². The van der Waals surface area contributed by atoms with E-state index in [0.717, 1.165) is 30.2 Å². The fourth-order valence-electron chi connectivity index (χ4n) is 3.77. The van der Waals surface area contributed by atoms with Crippen LogP contribution in [0.1, 0.15) is 76.9 Å². The maximum atomic E-state index is 13.1. The highest BCUT2D eigenvalue weighted by Gasteiger charge is 2.38. The zero-order chi connectivity index (χ0) is 24.6. The maximum absolute atomic E-state index is 13.1. The fraction of sp³-hybridized carbons (Fsp3) is 0.483. The number of methoxy groups -OCH3 is 1. The van der Waals surface area contributed by atoms with E-state index >= 15 is 0 Å². The Morgan fingerprint density at radius 3 is 2.50 bits per heavy atom. The third-order valence-electron chi connectivity index (χ3n) is 5.54. The summed E-state index contributed by atoms with van der Waals surface area (Å²) in [6, 6.07) is 9.27. The maximum Gasteiger partial charge on any atom is 0.340 e. The Morgan fingerprint density at radius 1 is 1.00 bits per heavy atom. The summed E-state index contributed by atoms with van der Waals surface area (Å²) in [5.41, 5.74) is 0.731. The number of ether oxygens (including phenoxy) is 3. The summed E-state index contributed by atoms with van der Waals surface area (Å²) in [6.07, 6.45) is 11.3. The minimum absolute atomic E-state index is 0.249. The summed E-state index contributed by atoms with van der Waals surface area (Å²) in [6.45, 7) is 4.33. The first kappa shape index (κ1) is 27.9. The molecule has 183 valence electrons. The number of rotatable bonds is 14. The van der Waals surface area contributed by atoms with Crippen LogP contribution in [0.5, 0.6) is 0 Å². The summed E-state index contributed by atoms with van der Waals surface area (Å²) in [5.74, 6) is 7.52. The molecule has 0 aliphatic heterocycles. The van der Waals surface area contributed by atoms with Crippen LogP contribution in [0.15, 0.2) is 30.3 Å². The zero-order valence-corrected chi connectivity index (χ0v) is 20.7. The lowest BCUT2D eigenvalue weighted by Gasteiger charge is -2.27. The predicted octanol–water partition coefficient (Wildman–Crippen LogP) is 5.77. The average Bonchev–Trinajstić information content (AvgIpc) is 3.30. The third kappa shape index (κ3) is 9.50. The number of benzene rings is 1. The van der Waals surface area contributed by atoms with Gasteiger partial charge < -0.3 is 14.2 Å². The lowest BCUT2D eigenvalue weighted by molar-refractivity contribution is -0.160. The quantitative estimate of drug-likeness (QED) is 0.198. The molecule has 1 aliphatic rings. The third-order valence-corrected chi connectivity index (χ3v) is 5.54. The molecule has 0 unspecified atom stereocenters. The van der Waals surface area contributed by atoms with Crippen LogP contribution in [-0.2, 0) is 23.8 Å². The Balaban J connectivity index is 2.07. The highest BCUT2D eigenvalue weighted by Crippen LogP contribution is 2.39. The Morgan fingerprint density at radius 2 is 1.79 bits per heavy atom. The first-order valence-corrected chi connectivity index (χ1v) is 12.3. The van der Waals surface area contributed by atoms with Gasteiger partial charge in [-0.05, 0) is 51.0 Å². The molecule has 34 heavy (non-hydrogen) atoms. The molecular weight excluding hydrogens is 428 g/mol. The van der Waals surface area contributed by atoms with Crippen molar-refractivity contribution >= 4 is 11.9 Å². The number of carbonyl (C=O) groups is 2. The molecule has 0 aromatic heterocycles. The van der Waals surface area contributed by atoms with Crippen molar-refractivity contribution in [3.63, 3.8) is 0 Å². The molecule has 0 heterocycles. The normalized spacial score (nSPS) is 15.9. The lowest BCUT2D eigenvalue weighted by atomic mass is 9.88. The van der Waals surface area contributed by atoms with E-state index in [1.54, 1.807) is 6.92 Å². The van der Waals surface area contributed by atoms with Crippen LogP contribution in [0.4, 0.5) is 0 Å². The monoisotopic (exact) mass is 465 g/mol. The van der Waals surface area contributed by atoms with Crippen LogP contribution in [0.25, 0.3) is 0 Å². The van der Waals surface area contributed by atoms with Gasteiger partial charge in [-0.1, -0.05) is 62.4 Å². The summed E-state index contributed by atoms with van der Waals surface area (Å²) in [5, 5.41) is 0. The van der Waals surface area contributed by atoms with E-state index in [-0.39, 0.29) is 12.4 Å². The molecule has 1 aromatic rings. The molecule has 0 amide bonds. The Labute approximate surface area is 205 Å². The van der Waals surface area contributed by atoms with Gasteiger partial charge in [0.15, 0.2) is 6.10 Å². The standard InChI is InChI=1S/C29H37O5/c1-4-6-7-8-9-11-16-23-19-14-20-25(23)26(21-15-22-27(30)33-5-2)34-29(31)28(32-3)24-17-12-10-13-18-24/h10,12-14,17-20,26,28H,4-9,15,21-22H2,1-3H3/t26-,28-/m0/s1. The van der Waals surface area contributed by atoms with Crippen LogP contribution in [-0.4, -0.2) is 31.8 Å². The van der Waals surface area contributed by atoms with E-state index in [0.29, 0.717) is 19.4 Å². The number of esters is 2. The first-order chi connectivity index (χ1) is 16.6. The van der Waals surface area contributed by atoms with Crippen molar-refractivity contribution in [1.82, 2.24) is 0 Å². The molecule has 5 heteroatoms. The molecule has 1 saturated carbocycles. The molecule has 0 spiro atoms. The molecule has 0 N–H and O–H groups in total. The SMILES string of the molecule is CCCCCCC#C[C]1[CH][CH][CH][C]1[C@H](CCCC(=O)OCC)OC(=O)[C@@H](OC)c1ccccc1. The van der Waals surface area contributed by atoms with Crippen molar-refractivity contribution in [2.24, 2.45) is 0 Å². The number of hydrogen-bond donors (Lipinski definition) is 0. The summed E-state index contributed by atoms with van der Waals surface area (Å²) < 4.78 is 16.5. The van der Waals surface area contributed by atoms with Crippen LogP contribution >= 0.6 is 0 Å². The van der Waals surface area contributed by atoms with Gasteiger partial charge >= 0.3 is 11.9 Å². The Bertz CT molecular complexity index is 779. The highest BCUT2D eigenvalue weighted by molar-refractivity contribution is 5.77. The zero-order valence-electron chi connectivity index (χ0n) is 20.7. The molecule has 0 bridgehead atoms. The van der Waals surface area contributed by atoms with Crippen LogP contribution < -0.4 is 0 Å². The molecular formula is C29H37O5. The van der Waals surface area contributed by atoms with Gasteiger partial charge in [0.1, 0.15) is 6.10 Å². The van der Waals surface area contributed by atoms with Gasteiger partial charge in [-0.2, -0.15) is 0 Å². The van der Waals surface area contributed by atoms with Gasteiger partial charge in [-0.15, -0.1) is 5.92 Å². The van der Waals surface area contributed by atoms with Gasteiger partial charge in [-0.25, -0.2) is 4.79 Å². The largest absolute Gasteiger partial charge is 0.466 e. The minimum Gasteiger partial charge on any atom is -0.466 e. The average molecular weight is 466 g/mol. The van der Waals surface area contributed by atoms with Gasteiger partial charge in [0.05, 0.1) is 12.5 Å². The summed E-state index contributed by atoms with van der Waals surface area (Å²) >= 11 is 0. The van der Waals surface area contributed by atoms with E-state index in [1.807, 2.05) is 49.6 Å². The molecule has 2 rings (SSSR count). The van der Waals surface area contributed by atoms with E-state index in [4.69, 9.17) is 14.2 Å². The molecule has 2 atom stereocenters. The second-order valence-electron chi connectivity index (χ2n) is 8.16. The van der Waals surface area contributed by atoms with Crippen LogP contribution in [0.2, 0.25) is 0 Å². The molecule has 0 saturated heterocycles. The summed E-state index contributed by atoms with van der Waals surface area (Å²) in [4.78, 5) is 24.9. The lowest BCUT2D eigenvalue weighted by Crippen LogP contribution is -2.30. The van der Waals surface area contributed by atoms with Crippen molar-refractivity contribution in [3.05, 3.63) is 67.0 Å². The van der Waals surface area contributed by atoms with Crippen molar-refractivity contribution in [2.75, 3.05) is 13.7 Å². The number of unbranched alkanes of at least 4 members (excludes halogenated alkanes) is 4. The highest BCUT2D eigenvalue weighted by atomic mass is 16.6. The molecule has 5 radical (unpaired) electrons. The number of carbonyl (C=O) groups excluding carboxylic acids is 2. The Hall–Kier alpha value is -2.32. The number of hydrogen-bond acceptors (Lipinski definition) is 5. The Kier molecular flexibility index (Phi) is 13.4. The second kappa shape index (κ2) is 16.3. The molecule has 1 aliphatic carbocycles. The van der Waals surface area contributed by atoms with Crippen molar-refractivity contribution in [3.8, 4) is 11.8 Å². The predicted molar refractivity (Wildman–Crippen MR) is 132 cm³/mol. The van der Waals surface area contributed by atoms with E-state index in [9.17, 15) is 9.59 Å². The van der Waals surface area contributed by atoms with Crippen molar-refractivity contribution in [2.45, 2.75) is 77.4 Å². The first-order valence-electron chi connectivity index (χ1n) is 12.3. The fourth-order valence-corrected chi connectivity index (χ4v) is 3.77. The van der Waals surface area contributed by atoms with Gasteiger partial charge in [0.25, 0.3) is 0 Å². The summed E-state index contributed by atoms with van der Waals surface area (Å²) in [7, 11) is 1.49. The van der Waals surface area contributed by atoms with Crippen molar-refractivity contribution in [1.29, 1.82) is 0 Å². The van der Waals surface area contributed by atoms with Crippen LogP contribution in [0, 0.1) is 42.9 Å². The topological polar surface area (TPSA) is 61.8 Å². The van der Waals surface area contributed by atoms with Crippen LogP contribution in [0.3, 0.4) is 0 Å². The minimum atomic E-state index is -0.822. The van der Waals surface area contributed by atoms with Gasteiger partial charge in [-0.3, -0.25) is 4.79 Å². The van der Waals surface area contributed by atoms with Gasteiger partial charge in [0, 0.05) is 25.9 Å². The van der Waals surface area contributed by atoms with E-state index in [2.05, 4.69) is 18.8 Å². The molecule has 1 fully saturated rings. The molecule has 1 aromatic carbocycles. The second-order valence-corrected chi connectivity index (χ2v) is 8.16. The smallest absolute Gasteiger partial charge is 0.340 e.